The van der Waals surface area contributed by atoms with Gasteiger partial charge < -0.3 is 10.1 Å². The maximum atomic E-state index is 13.0. The van der Waals surface area contributed by atoms with Gasteiger partial charge in [-0.15, -0.1) is 0 Å². The van der Waals surface area contributed by atoms with Crippen molar-refractivity contribution in [3.05, 3.63) is 150 Å². The van der Waals surface area contributed by atoms with E-state index in [1.54, 1.807) is 23.5 Å². The number of carbonyl (C=O) groups excluding carboxylic acids is 1. The van der Waals surface area contributed by atoms with E-state index < -0.39 is 0 Å². The largest absolute Gasteiger partial charge is 0.457 e. The van der Waals surface area contributed by atoms with Crippen LogP contribution >= 0.6 is 47.0 Å². The Balaban J connectivity index is 1.11. The molecule has 46 heavy (non-hydrogen) atoms. The molecule has 2 aliphatic rings. The second-order valence-corrected chi connectivity index (χ2v) is 16.7. The normalized spacial score (nSPS) is 15.1. The molecule has 0 aromatic heterocycles. The van der Waals surface area contributed by atoms with E-state index in [1.807, 2.05) is 53.9 Å². The standard InChI is InChI=1S/C39H33NO2S4/c1-24-25(2)44-38(43-24)35-30-13-7-9-15-32(30)36(33-16-10-8-14-31(33)35)39-45-26(3)34(46-39)23-42-37(41)29-19-17-28(18-20-29)22-40-21-27-11-5-4-6-12-27/h4-20,40H,21-23H2,1-3H3/p+1. The van der Waals surface area contributed by atoms with Crippen LogP contribution in [0.1, 0.15) is 42.3 Å². The third-order valence-electron chi connectivity index (χ3n) is 8.31. The van der Waals surface area contributed by atoms with E-state index in [4.69, 9.17) is 4.74 Å². The van der Waals surface area contributed by atoms with Gasteiger partial charge in [0, 0.05) is 31.4 Å². The molecule has 7 rings (SSSR count). The smallest absolute Gasteiger partial charge is 0.338 e. The highest BCUT2D eigenvalue weighted by Gasteiger charge is 2.23. The molecule has 0 fully saturated rings. The van der Waals surface area contributed by atoms with Gasteiger partial charge in [-0.3, -0.25) is 0 Å². The predicted octanol–water partition coefficient (Wildman–Crippen LogP) is 8.69. The van der Waals surface area contributed by atoms with Crippen molar-refractivity contribution in [1.29, 1.82) is 0 Å². The van der Waals surface area contributed by atoms with Crippen molar-refractivity contribution in [3.63, 3.8) is 0 Å². The van der Waals surface area contributed by atoms with Crippen molar-refractivity contribution < 1.29 is 14.8 Å². The molecule has 5 aromatic carbocycles. The van der Waals surface area contributed by atoms with Crippen LogP contribution in [0.3, 0.4) is 0 Å². The fourth-order valence-corrected chi connectivity index (χ4v) is 11.1. The molecule has 0 bridgehead atoms. The average molecular weight is 677 g/mol. The molecule has 0 aliphatic carbocycles. The molecule has 230 valence electrons. The molecule has 0 radical (unpaired) electrons. The number of nitrogens with two attached hydrogens (primary N) is 1. The molecule has 0 atom stereocenters. The predicted molar refractivity (Wildman–Crippen MR) is 201 cm³/mol. The lowest BCUT2D eigenvalue weighted by Gasteiger charge is -2.11. The Morgan fingerprint density at radius 1 is 0.565 bits per heavy atom. The number of thioether (sulfide) groups is 4. The highest BCUT2D eigenvalue weighted by molar-refractivity contribution is 8.36. The van der Waals surface area contributed by atoms with Gasteiger partial charge in [0.05, 0.1) is 14.0 Å². The van der Waals surface area contributed by atoms with Crippen molar-refractivity contribution in [2.24, 2.45) is 0 Å². The van der Waals surface area contributed by atoms with Gasteiger partial charge in [0.25, 0.3) is 0 Å². The van der Waals surface area contributed by atoms with Crippen LogP contribution in [-0.2, 0) is 17.8 Å². The Morgan fingerprint density at radius 3 is 1.57 bits per heavy atom. The summed E-state index contributed by atoms with van der Waals surface area (Å²) in [7, 11) is 0. The highest BCUT2D eigenvalue weighted by atomic mass is 32.2. The Hall–Kier alpha value is -3.33. The van der Waals surface area contributed by atoms with E-state index in [0.29, 0.717) is 5.56 Å². The monoisotopic (exact) mass is 676 g/mol. The van der Waals surface area contributed by atoms with Gasteiger partial charge in [-0.1, -0.05) is 138 Å². The lowest BCUT2D eigenvalue weighted by molar-refractivity contribution is -0.686. The first-order valence-electron chi connectivity index (χ1n) is 15.3. The summed E-state index contributed by atoms with van der Waals surface area (Å²) in [5.41, 5.74) is 3.07. The first-order chi connectivity index (χ1) is 22.5. The maximum Gasteiger partial charge on any atom is 0.338 e. The van der Waals surface area contributed by atoms with Crippen LogP contribution in [0.5, 0.6) is 0 Å². The van der Waals surface area contributed by atoms with Crippen LogP contribution in [0.2, 0.25) is 0 Å². The Bertz CT molecular complexity index is 2090. The average Bonchev–Trinajstić information content (AvgIpc) is 3.62. The van der Waals surface area contributed by atoms with E-state index >= 15 is 0 Å². The van der Waals surface area contributed by atoms with E-state index in [9.17, 15) is 4.79 Å². The maximum absolute atomic E-state index is 13.0. The Kier molecular flexibility index (Phi) is 9.38. The zero-order valence-electron chi connectivity index (χ0n) is 26.0. The Morgan fingerprint density at radius 2 is 1.02 bits per heavy atom. The summed E-state index contributed by atoms with van der Waals surface area (Å²) in [5.74, 6) is -0.290. The van der Waals surface area contributed by atoms with Crippen molar-refractivity contribution in [1.82, 2.24) is 0 Å². The number of hydrogen-bond donors (Lipinski definition) is 1. The van der Waals surface area contributed by atoms with E-state index in [1.165, 1.54) is 66.3 Å². The fourth-order valence-electron chi connectivity index (χ4n) is 5.76. The summed E-state index contributed by atoms with van der Waals surface area (Å²) in [5, 5.41) is 9.94. The summed E-state index contributed by atoms with van der Waals surface area (Å²) in [6, 6.07) is 35.8. The SMILES string of the molecule is CC1=C(C)SC(=c2c3ccccc3c(=C3SC(C)=C(COC(=O)c4ccc(C[NH2+]Cc5ccccc5)cc4)S3)c3ccccc23)S1. The second-order valence-electron chi connectivity index (χ2n) is 11.4. The van der Waals surface area contributed by atoms with Gasteiger partial charge in [-0.05, 0) is 64.3 Å². The number of allylic oxidation sites excluding steroid dienone is 3. The summed E-state index contributed by atoms with van der Waals surface area (Å²) in [6.45, 7) is 8.61. The zero-order chi connectivity index (χ0) is 31.6. The highest BCUT2D eigenvalue weighted by Crippen LogP contribution is 2.51. The van der Waals surface area contributed by atoms with Crippen LogP contribution in [0, 0.1) is 0 Å². The van der Waals surface area contributed by atoms with E-state index in [-0.39, 0.29) is 12.6 Å². The lowest BCUT2D eigenvalue weighted by Crippen LogP contribution is -2.80. The molecule has 2 aliphatic heterocycles. The first-order valence-corrected chi connectivity index (χ1v) is 18.6. The van der Waals surface area contributed by atoms with Crippen LogP contribution < -0.4 is 15.8 Å². The van der Waals surface area contributed by atoms with Crippen molar-refractivity contribution in [2.45, 2.75) is 33.9 Å². The van der Waals surface area contributed by atoms with Gasteiger partial charge in [0.1, 0.15) is 19.7 Å². The number of ether oxygens (including phenoxy) is 1. The van der Waals surface area contributed by atoms with Crippen LogP contribution in [0.4, 0.5) is 0 Å². The number of carbonyl (C=O) groups is 1. The summed E-state index contributed by atoms with van der Waals surface area (Å²) in [6.07, 6.45) is 0. The quantitative estimate of drug-likeness (QED) is 0.138. The molecule has 3 nitrogen and oxygen atoms in total. The van der Waals surface area contributed by atoms with Crippen molar-refractivity contribution in [2.75, 3.05) is 6.61 Å². The number of fused-ring (bicyclic) bond motifs is 2. The van der Waals surface area contributed by atoms with Crippen molar-refractivity contribution in [3.8, 4) is 0 Å². The molecule has 0 spiro atoms. The van der Waals surface area contributed by atoms with Gasteiger partial charge in [-0.2, -0.15) is 0 Å². The van der Waals surface area contributed by atoms with Gasteiger partial charge in [-0.25, -0.2) is 4.79 Å². The minimum Gasteiger partial charge on any atom is -0.457 e. The van der Waals surface area contributed by atoms with Crippen LogP contribution in [-0.4, -0.2) is 12.6 Å². The summed E-state index contributed by atoms with van der Waals surface area (Å²) in [4.78, 5) is 18.1. The number of esters is 1. The molecule has 2 heterocycles. The van der Waals surface area contributed by atoms with Crippen molar-refractivity contribution >= 4 is 83.0 Å². The van der Waals surface area contributed by atoms with Crippen LogP contribution in [0.25, 0.3) is 30.0 Å². The lowest BCUT2D eigenvalue weighted by atomic mass is 9.99. The summed E-state index contributed by atoms with van der Waals surface area (Å²) < 4.78 is 8.45. The number of quaternary nitrogens is 1. The molecular weight excluding hydrogens is 643 g/mol. The number of rotatable bonds is 7. The molecule has 0 unspecified atom stereocenters. The number of benzene rings is 5. The summed E-state index contributed by atoms with van der Waals surface area (Å²) >= 11 is 7.31. The van der Waals surface area contributed by atoms with Gasteiger partial charge in [0.15, 0.2) is 0 Å². The van der Waals surface area contributed by atoms with Gasteiger partial charge in [0.2, 0.25) is 0 Å². The molecule has 2 N–H and O–H groups in total. The number of hydrogen-bond acceptors (Lipinski definition) is 6. The molecule has 0 saturated heterocycles. The third kappa shape index (κ3) is 6.44. The third-order valence-corrected chi connectivity index (χ3v) is 13.6. The molecule has 0 amide bonds. The van der Waals surface area contributed by atoms with E-state index in [0.717, 1.165) is 18.0 Å². The molecule has 5 aromatic rings. The zero-order valence-corrected chi connectivity index (χ0v) is 29.2. The molecule has 7 heteroatoms. The molecule has 0 saturated carbocycles. The minimum absolute atomic E-state index is 0.266. The molecular formula is C39H34NO2S4+. The minimum atomic E-state index is -0.290. The fraction of sp³-hybridized carbons (Fsp3) is 0.154. The topological polar surface area (TPSA) is 42.9 Å². The van der Waals surface area contributed by atoms with E-state index in [2.05, 4.69) is 98.9 Å². The first kappa shape index (κ1) is 31.3. The van der Waals surface area contributed by atoms with Crippen LogP contribution in [0.15, 0.2) is 123 Å². The van der Waals surface area contributed by atoms with Gasteiger partial charge >= 0.3 is 5.97 Å². The second kappa shape index (κ2) is 13.8. The Labute approximate surface area is 286 Å².